The predicted molar refractivity (Wildman–Crippen MR) is 84.7 cm³/mol. The number of hydrogen-bond donors (Lipinski definition) is 0. The second-order valence-corrected chi connectivity index (χ2v) is 6.56. The second-order valence-electron chi connectivity index (χ2n) is 3.95. The number of halogens is 4. The van der Waals surface area contributed by atoms with Gasteiger partial charge in [0.25, 0.3) is 5.24 Å². The predicted octanol–water partition coefficient (Wildman–Crippen LogP) is 6.50. The summed E-state index contributed by atoms with van der Waals surface area (Å²) in [6.45, 7) is 0. The van der Waals surface area contributed by atoms with E-state index in [9.17, 15) is 4.79 Å². The van der Waals surface area contributed by atoms with E-state index in [0.29, 0.717) is 27.0 Å². The minimum Gasteiger partial charge on any atom is -0.454 e. The van der Waals surface area contributed by atoms with Crippen molar-refractivity contribution in [3.63, 3.8) is 0 Å². The van der Waals surface area contributed by atoms with Crippen LogP contribution in [-0.2, 0) is 0 Å². The third-order valence-corrected chi connectivity index (χ3v) is 5.12. The first-order valence-corrected chi connectivity index (χ1v) is 7.67. The normalized spacial score (nSPS) is 11.2. The molecule has 0 spiro atoms. The molecule has 2 heterocycles. The molecule has 1 aromatic carbocycles. The van der Waals surface area contributed by atoms with Gasteiger partial charge in [0.05, 0.1) is 9.72 Å². The highest BCUT2D eigenvalue weighted by Gasteiger charge is 2.20. The highest BCUT2D eigenvalue weighted by Crippen LogP contribution is 2.42. The zero-order valence-corrected chi connectivity index (χ0v) is 13.4. The van der Waals surface area contributed by atoms with Gasteiger partial charge < -0.3 is 4.42 Å². The summed E-state index contributed by atoms with van der Waals surface area (Å²) < 4.78 is 6.41. The van der Waals surface area contributed by atoms with Crippen LogP contribution in [0.1, 0.15) is 9.67 Å². The van der Waals surface area contributed by atoms with Gasteiger partial charge in [-0.2, -0.15) is 0 Å². The first-order valence-electron chi connectivity index (χ1n) is 5.34. The van der Waals surface area contributed by atoms with Crippen molar-refractivity contribution in [3.05, 3.63) is 44.2 Å². The lowest BCUT2D eigenvalue weighted by Crippen LogP contribution is -1.82. The summed E-state index contributed by atoms with van der Waals surface area (Å²) in [5, 5.41) is 0.641. The van der Waals surface area contributed by atoms with Gasteiger partial charge in [0.15, 0.2) is 5.58 Å². The molecule has 0 saturated carbocycles. The Bertz CT molecular complexity index is 834. The maximum absolute atomic E-state index is 11.2. The molecular formula is C13H4Cl4O2S. The maximum Gasteiger partial charge on any atom is 0.264 e. The first-order chi connectivity index (χ1) is 9.47. The van der Waals surface area contributed by atoms with Crippen molar-refractivity contribution in [3.8, 4) is 11.3 Å². The van der Waals surface area contributed by atoms with Crippen LogP contribution in [0, 0.1) is 0 Å². The van der Waals surface area contributed by atoms with Crippen molar-refractivity contribution < 1.29 is 9.21 Å². The molecule has 0 saturated heterocycles. The Hall–Kier alpha value is -0.710. The molecule has 0 aliphatic carbocycles. The Morgan fingerprint density at radius 3 is 2.50 bits per heavy atom. The van der Waals surface area contributed by atoms with Gasteiger partial charge in [0, 0.05) is 16.7 Å². The molecule has 102 valence electrons. The van der Waals surface area contributed by atoms with Crippen LogP contribution in [0.15, 0.2) is 28.7 Å². The maximum atomic E-state index is 11.2. The van der Waals surface area contributed by atoms with Gasteiger partial charge in [-0.1, -0.05) is 34.8 Å². The lowest BCUT2D eigenvalue weighted by Gasteiger charge is -2.00. The van der Waals surface area contributed by atoms with Crippen LogP contribution in [0.25, 0.3) is 21.6 Å². The SMILES string of the molecule is O=C(Cl)c1sc2cc(-c3ccc(Cl)cc3Cl)oc2c1Cl. The zero-order valence-electron chi connectivity index (χ0n) is 9.55. The van der Waals surface area contributed by atoms with Crippen LogP contribution in [0.5, 0.6) is 0 Å². The lowest BCUT2D eigenvalue weighted by atomic mass is 10.2. The topological polar surface area (TPSA) is 30.2 Å². The smallest absolute Gasteiger partial charge is 0.264 e. The third-order valence-electron chi connectivity index (χ3n) is 2.68. The number of carbonyl (C=O) groups excluding carboxylic acids is 1. The summed E-state index contributed by atoms with van der Waals surface area (Å²) in [5.74, 6) is 0.559. The number of rotatable bonds is 2. The van der Waals surface area contributed by atoms with Crippen LogP contribution in [0.4, 0.5) is 0 Å². The summed E-state index contributed by atoms with van der Waals surface area (Å²) in [5.41, 5.74) is 1.14. The van der Waals surface area contributed by atoms with E-state index in [1.54, 1.807) is 24.3 Å². The van der Waals surface area contributed by atoms with Crippen LogP contribution in [-0.4, -0.2) is 5.24 Å². The quantitative estimate of drug-likeness (QED) is 0.485. The van der Waals surface area contributed by atoms with Gasteiger partial charge in [-0.05, 0) is 29.8 Å². The number of furan rings is 1. The molecule has 0 amide bonds. The van der Waals surface area contributed by atoms with Crippen LogP contribution < -0.4 is 0 Å². The van der Waals surface area contributed by atoms with E-state index in [-0.39, 0.29) is 9.90 Å². The summed E-state index contributed by atoms with van der Waals surface area (Å²) in [4.78, 5) is 11.5. The van der Waals surface area contributed by atoms with E-state index in [2.05, 4.69) is 0 Å². The van der Waals surface area contributed by atoms with Gasteiger partial charge in [-0.25, -0.2) is 0 Å². The number of fused-ring (bicyclic) bond motifs is 1. The van der Waals surface area contributed by atoms with E-state index in [1.807, 2.05) is 0 Å². The molecule has 3 rings (SSSR count). The Kier molecular flexibility index (Phi) is 3.73. The molecule has 0 aliphatic heterocycles. The van der Waals surface area contributed by atoms with Crippen molar-refractivity contribution in [2.45, 2.75) is 0 Å². The number of hydrogen-bond acceptors (Lipinski definition) is 3. The molecular weight excluding hydrogens is 362 g/mol. The molecule has 0 N–H and O–H groups in total. The van der Waals surface area contributed by atoms with Crippen molar-refractivity contribution in [2.75, 3.05) is 0 Å². The molecule has 0 unspecified atom stereocenters. The van der Waals surface area contributed by atoms with E-state index >= 15 is 0 Å². The standard InChI is InChI=1S/C13H4Cl4O2S/c14-5-1-2-6(7(15)3-5)8-4-9-11(19-8)10(16)12(20-9)13(17)18/h1-4H. The number of carbonyl (C=O) groups is 1. The van der Waals surface area contributed by atoms with Gasteiger partial charge in [0.1, 0.15) is 15.7 Å². The Morgan fingerprint density at radius 1 is 1.15 bits per heavy atom. The fraction of sp³-hybridized carbons (Fsp3) is 0. The molecule has 0 atom stereocenters. The van der Waals surface area contributed by atoms with E-state index in [4.69, 9.17) is 50.8 Å². The Labute approximate surface area is 137 Å². The average Bonchev–Trinajstić information content (AvgIpc) is 2.89. The van der Waals surface area contributed by atoms with Crippen LogP contribution in [0.3, 0.4) is 0 Å². The van der Waals surface area contributed by atoms with Crippen molar-refractivity contribution in [1.29, 1.82) is 0 Å². The van der Waals surface area contributed by atoms with Crippen molar-refractivity contribution in [1.82, 2.24) is 0 Å². The molecule has 2 aromatic heterocycles. The largest absolute Gasteiger partial charge is 0.454 e. The van der Waals surface area contributed by atoms with Gasteiger partial charge in [-0.15, -0.1) is 11.3 Å². The molecule has 0 aliphatic rings. The van der Waals surface area contributed by atoms with E-state index in [0.717, 1.165) is 4.70 Å². The average molecular weight is 366 g/mol. The van der Waals surface area contributed by atoms with Gasteiger partial charge in [0.2, 0.25) is 0 Å². The summed E-state index contributed by atoms with van der Waals surface area (Å²) in [6.07, 6.45) is 0. The van der Waals surface area contributed by atoms with E-state index < -0.39 is 5.24 Å². The van der Waals surface area contributed by atoms with Crippen molar-refractivity contribution in [2.24, 2.45) is 0 Å². The fourth-order valence-corrected chi connectivity index (χ4v) is 3.85. The molecule has 20 heavy (non-hydrogen) atoms. The monoisotopic (exact) mass is 364 g/mol. The molecule has 0 radical (unpaired) electrons. The fourth-order valence-electron chi connectivity index (χ4n) is 1.81. The molecule has 0 bridgehead atoms. The summed E-state index contributed by atoms with van der Waals surface area (Å²) >= 11 is 24.7. The van der Waals surface area contributed by atoms with Crippen LogP contribution in [0.2, 0.25) is 15.1 Å². The summed E-state index contributed by atoms with van der Waals surface area (Å²) in [7, 11) is 0. The van der Waals surface area contributed by atoms with Crippen molar-refractivity contribution >= 4 is 73.3 Å². The minimum atomic E-state index is -0.600. The highest BCUT2D eigenvalue weighted by molar-refractivity contribution is 7.23. The number of benzene rings is 1. The van der Waals surface area contributed by atoms with Crippen LogP contribution >= 0.6 is 57.7 Å². The molecule has 3 aromatic rings. The van der Waals surface area contributed by atoms with Gasteiger partial charge >= 0.3 is 0 Å². The lowest BCUT2D eigenvalue weighted by molar-refractivity contribution is 0.108. The second kappa shape index (κ2) is 5.24. The Balaban J connectivity index is 2.17. The molecule has 2 nitrogen and oxygen atoms in total. The number of thiophene rings is 1. The highest BCUT2D eigenvalue weighted by atomic mass is 35.5. The Morgan fingerprint density at radius 2 is 1.90 bits per heavy atom. The van der Waals surface area contributed by atoms with Gasteiger partial charge in [-0.3, -0.25) is 4.79 Å². The first kappa shape index (κ1) is 14.2. The van der Waals surface area contributed by atoms with E-state index in [1.165, 1.54) is 11.3 Å². The molecule has 7 heteroatoms. The molecule has 0 fully saturated rings. The summed E-state index contributed by atoms with van der Waals surface area (Å²) in [6, 6.07) is 6.87. The zero-order chi connectivity index (χ0) is 14.4. The third kappa shape index (κ3) is 2.34. The minimum absolute atomic E-state index is 0.223.